The van der Waals surface area contributed by atoms with E-state index in [4.69, 9.17) is 5.73 Å². The topological polar surface area (TPSA) is 105 Å². The third-order valence-electron chi connectivity index (χ3n) is 3.74. The first-order valence-corrected chi connectivity index (χ1v) is 7.61. The average molecular weight is 342 g/mol. The van der Waals surface area contributed by atoms with Crippen LogP contribution >= 0.6 is 12.4 Å². The van der Waals surface area contributed by atoms with Crippen LogP contribution in [0.2, 0.25) is 0 Å². The van der Waals surface area contributed by atoms with Crippen molar-refractivity contribution >= 4 is 24.0 Å². The van der Waals surface area contributed by atoms with E-state index in [1.54, 1.807) is 19.2 Å². The summed E-state index contributed by atoms with van der Waals surface area (Å²) in [6.07, 6.45) is 4.58. The first kappa shape index (κ1) is 19.2. The zero-order valence-corrected chi connectivity index (χ0v) is 14.3. The van der Waals surface area contributed by atoms with E-state index < -0.39 is 0 Å². The van der Waals surface area contributed by atoms with Crippen LogP contribution in [-0.2, 0) is 11.2 Å². The number of aryl methyl sites for hydroxylation is 1. The van der Waals surface area contributed by atoms with Gasteiger partial charge in [-0.25, -0.2) is 9.50 Å². The molecule has 0 spiro atoms. The predicted molar refractivity (Wildman–Crippen MR) is 92.0 cm³/mol. The van der Waals surface area contributed by atoms with Crippen LogP contribution in [0.4, 0.5) is 0 Å². The van der Waals surface area contributed by atoms with E-state index in [1.165, 1.54) is 4.52 Å². The Morgan fingerprint density at radius 3 is 2.91 bits per heavy atom. The van der Waals surface area contributed by atoms with Crippen molar-refractivity contribution < 1.29 is 4.79 Å². The van der Waals surface area contributed by atoms with Crippen molar-refractivity contribution in [2.75, 3.05) is 6.54 Å². The number of halogens is 1. The highest BCUT2D eigenvalue weighted by atomic mass is 35.5. The van der Waals surface area contributed by atoms with Crippen LogP contribution in [0.3, 0.4) is 0 Å². The number of aromatic amines is 1. The number of nitrogens with two attached hydrogens (primary N) is 1. The summed E-state index contributed by atoms with van der Waals surface area (Å²) in [6.45, 7) is 4.24. The first-order chi connectivity index (χ1) is 10.6. The molecule has 0 fully saturated rings. The van der Waals surface area contributed by atoms with Crippen molar-refractivity contribution in [3.63, 3.8) is 0 Å². The zero-order valence-electron chi connectivity index (χ0n) is 13.5. The van der Waals surface area contributed by atoms with Gasteiger partial charge < -0.3 is 11.1 Å². The van der Waals surface area contributed by atoms with Crippen molar-refractivity contribution in [2.24, 2.45) is 5.73 Å². The van der Waals surface area contributed by atoms with Gasteiger partial charge >= 0.3 is 0 Å². The van der Waals surface area contributed by atoms with Crippen molar-refractivity contribution in [3.8, 4) is 0 Å². The van der Waals surface area contributed by atoms with E-state index >= 15 is 0 Å². The van der Waals surface area contributed by atoms with Gasteiger partial charge in [0, 0.05) is 36.1 Å². The maximum absolute atomic E-state index is 12.4. The quantitative estimate of drug-likeness (QED) is 0.696. The molecule has 4 N–H and O–H groups in total. The van der Waals surface area contributed by atoms with Crippen LogP contribution in [0.15, 0.2) is 17.1 Å². The Hall–Kier alpha value is -1.86. The fourth-order valence-electron chi connectivity index (χ4n) is 2.45. The van der Waals surface area contributed by atoms with Gasteiger partial charge in [0.25, 0.3) is 5.56 Å². The Kier molecular flexibility index (Phi) is 7.25. The summed E-state index contributed by atoms with van der Waals surface area (Å²) in [4.78, 5) is 28.9. The van der Waals surface area contributed by atoms with Crippen LogP contribution in [-0.4, -0.2) is 33.1 Å². The maximum atomic E-state index is 12.4. The number of hydrogen-bond donors (Lipinski definition) is 3. The largest absolute Gasteiger partial charge is 0.352 e. The number of nitrogens with zero attached hydrogens (tertiary/aromatic N) is 2. The number of amides is 1. The van der Waals surface area contributed by atoms with Gasteiger partial charge in [-0.05, 0) is 13.3 Å². The molecule has 2 rings (SSSR count). The summed E-state index contributed by atoms with van der Waals surface area (Å²) < 4.78 is 1.34. The summed E-state index contributed by atoms with van der Waals surface area (Å²) >= 11 is 0. The second-order valence-corrected chi connectivity index (χ2v) is 5.46. The fraction of sp³-hybridized carbons (Fsp3) is 0.533. The number of hydrogen-bond acceptors (Lipinski definition) is 4. The minimum atomic E-state index is -0.236. The molecule has 23 heavy (non-hydrogen) atoms. The number of unbranched alkanes of at least 4 members (excludes halogenated alkanes) is 1. The van der Waals surface area contributed by atoms with Gasteiger partial charge in [-0.3, -0.25) is 14.7 Å². The van der Waals surface area contributed by atoms with Crippen molar-refractivity contribution in [2.45, 2.75) is 45.6 Å². The number of aromatic nitrogens is 3. The van der Waals surface area contributed by atoms with Gasteiger partial charge in [-0.15, -0.1) is 12.4 Å². The molecule has 1 atom stereocenters. The molecule has 0 saturated heterocycles. The average Bonchev–Trinajstić information content (AvgIpc) is 2.96. The number of carbonyl (C=O) groups is 1. The third kappa shape index (κ3) is 4.56. The lowest BCUT2D eigenvalue weighted by Crippen LogP contribution is -2.41. The van der Waals surface area contributed by atoms with Crippen molar-refractivity contribution in [3.05, 3.63) is 33.9 Å². The molecule has 0 aliphatic carbocycles. The maximum Gasteiger partial charge on any atom is 0.276 e. The third-order valence-corrected chi connectivity index (χ3v) is 3.74. The highest BCUT2D eigenvalue weighted by Gasteiger charge is 2.16. The van der Waals surface area contributed by atoms with E-state index in [-0.39, 0.29) is 36.3 Å². The van der Waals surface area contributed by atoms with E-state index in [2.05, 4.69) is 22.3 Å². The summed E-state index contributed by atoms with van der Waals surface area (Å²) in [5.74, 6) is -0.194. The van der Waals surface area contributed by atoms with Gasteiger partial charge in [0.15, 0.2) is 5.65 Å². The summed E-state index contributed by atoms with van der Waals surface area (Å²) in [7, 11) is 0. The van der Waals surface area contributed by atoms with E-state index in [0.29, 0.717) is 23.4 Å². The molecule has 0 radical (unpaired) electrons. The molecule has 0 aliphatic rings. The van der Waals surface area contributed by atoms with E-state index in [9.17, 15) is 9.59 Å². The summed E-state index contributed by atoms with van der Waals surface area (Å²) in [5, 5.41) is 5.69. The van der Waals surface area contributed by atoms with Crippen LogP contribution in [0.25, 0.3) is 5.65 Å². The molecule has 2 aromatic heterocycles. The number of rotatable bonds is 7. The van der Waals surface area contributed by atoms with Gasteiger partial charge in [0.2, 0.25) is 5.91 Å². The highest BCUT2D eigenvalue weighted by molar-refractivity contribution is 5.85. The molecule has 2 aromatic rings. The lowest BCUT2D eigenvalue weighted by Gasteiger charge is -2.16. The molecule has 0 aliphatic heterocycles. The lowest BCUT2D eigenvalue weighted by atomic mass is 10.1. The second kappa shape index (κ2) is 8.69. The summed E-state index contributed by atoms with van der Waals surface area (Å²) in [5.41, 5.74) is 6.98. The minimum absolute atomic E-state index is 0. The van der Waals surface area contributed by atoms with Gasteiger partial charge in [0.1, 0.15) is 0 Å². The molecule has 0 aromatic carbocycles. The number of fused-ring (bicyclic) bond motifs is 1. The molecule has 2 heterocycles. The Balaban J connectivity index is 0.00000264. The van der Waals surface area contributed by atoms with Gasteiger partial charge in [-0.2, -0.15) is 0 Å². The van der Waals surface area contributed by atoms with Gasteiger partial charge in [-0.1, -0.05) is 19.8 Å². The number of nitrogens with one attached hydrogen (secondary N) is 2. The molecular formula is C15H24ClN5O2. The Bertz CT molecular complexity index is 709. The molecule has 7 nitrogen and oxygen atoms in total. The number of carbonyl (C=O) groups excluding carboxylic acids is 1. The lowest BCUT2D eigenvalue weighted by molar-refractivity contribution is -0.121. The Labute approximate surface area is 141 Å². The van der Waals surface area contributed by atoms with Crippen LogP contribution in [0.5, 0.6) is 0 Å². The molecule has 1 unspecified atom stereocenters. The SMILES string of the molecule is CCCCC(CN)NC(=O)Cc1c(C)nc2cc[nH]n2c1=O.Cl. The van der Waals surface area contributed by atoms with Crippen molar-refractivity contribution in [1.29, 1.82) is 0 Å². The van der Waals surface area contributed by atoms with E-state index in [1.807, 2.05) is 0 Å². The van der Waals surface area contributed by atoms with Crippen LogP contribution in [0.1, 0.15) is 37.4 Å². The molecule has 0 saturated carbocycles. The monoisotopic (exact) mass is 341 g/mol. The standard InChI is InChI=1S/C15H23N5O2.ClH/c1-3-4-5-11(9-16)19-14(21)8-12-10(2)18-13-6-7-17-20(13)15(12)22;/h6-7,11,17H,3-5,8-9,16H2,1-2H3,(H,19,21);1H. The Morgan fingerprint density at radius 1 is 1.52 bits per heavy atom. The smallest absolute Gasteiger partial charge is 0.276 e. The zero-order chi connectivity index (χ0) is 16.1. The Morgan fingerprint density at radius 2 is 2.26 bits per heavy atom. The first-order valence-electron chi connectivity index (χ1n) is 7.61. The molecular weight excluding hydrogens is 318 g/mol. The summed E-state index contributed by atoms with van der Waals surface area (Å²) in [6, 6.07) is 1.67. The van der Waals surface area contributed by atoms with E-state index in [0.717, 1.165) is 19.3 Å². The highest BCUT2D eigenvalue weighted by Crippen LogP contribution is 2.05. The normalized spacial score (nSPS) is 12.0. The molecule has 8 heteroatoms. The molecule has 0 bridgehead atoms. The van der Waals surface area contributed by atoms with Crippen LogP contribution in [0, 0.1) is 6.92 Å². The minimum Gasteiger partial charge on any atom is -0.352 e. The van der Waals surface area contributed by atoms with Gasteiger partial charge in [0.05, 0.1) is 6.42 Å². The molecule has 128 valence electrons. The van der Waals surface area contributed by atoms with Crippen molar-refractivity contribution in [1.82, 2.24) is 19.9 Å². The molecule has 1 amide bonds. The van der Waals surface area contributed by atoms with Crippen LogP contribution < -0.4 is 16.6 Å². The number of H-pyrrole nitrogens is 1. The fourth-order valence-corrected chi connectivity index (χ4v) is 2.45. The predicted octanol–water partition coefficient (Wildman–Crippen LogP) is 0.929. The second-order valence-electron chi connectivity index (χ2n) is 5.46.